The molecule has 0 bridgehead atoms. The van der Waals surface area contributed by atoms with E-state index < -0.39 is 0 Å². The molecule has 1 aliphatic heterocycles. The van der Waals surface area contributed by atoms with Crippen LogP contribution in [0.4, 0.5) is 0 Å². The molecule has 1 heterocycles. The molecule has 0 spiro atoms. The average molecular weight is 336 g/mol. The first-order valence-corrected chi connectivity index (χ1v) is 9.33. The van der Waals surface area contributed by atoms with Crippen molar-refractivity contribution in [1.29, 1.82) is 0 Å². The molecule has 1 N–H and O–H groups in total. The Bertz CT molecular complexity index is 630. The van der Waals surface area contributed by atoms with Gasteiger partial charge >= 0.3 is 0 Å². The molecule has 0 amide bonds. The van der Waals surface area contributed by atoms with Gasteiger partial charge in [-0.2, -0.15) is 11.8 Å². The molecule has 4 heteroatoms. The minimum absolute atomic E-state index is 0.502. The summed E-state index contributed by atoms with van der Waals surface area (Å²) >= 11 is 10.1. The van der Waals surface area contributed by atoms with E-state index in [4.69, 9.17) is 11.6 Å². The second kappa shape index (κ2) is 7.10. The predicted molar refractivity (Wildman–Crippen MR) is 94.8 cm³/mol. The molecule has 1 aliphatic rings. The summed E-state index contributed by atoms with van der Waals surface area (Å²) in [5, 5.41) is 4.56. The van der Waals surface area contributed by atoms with Gasteiger partial charge in [0, 0.05) is 32.4 Å². The highest BCUT2D eigenvalue weighted by Crippen LogP contribution is 2.45. The number of halogens is 1. The Morgan fingerprint density at radius 1 is 1.24 bits per heavy atom. The third-order valence-corrected chi connectivity index (χ3v) is 6.29. The van der Waals surface area contributed by atoms with Crippen molar-refractivity contribution in [3.8, 4) is 0 Å². The number of nitrogens with one attached hydrogen (secondary N) is 1. The Morgan fingerprint density at radius 2 is 2.10 bits per heavy atom. The molecular weight excluding hydrogens is 318 g/mol. The third kappa shape index (κ3) is 3.59. The monoisotopic (exact) mass is 335 g/mol. The average Bonchev–Trinajstić information content (AvgIpc) is 2.64. The van der Waals surface area contributed by atoms with E-state index in [-0.39, 0.29) is 0 Å². The molecule has 21 heavy (non-hydrogen) atoms. The van der Waals surface area contributed by atoms with Crippen LogP contribution in [0, 0.1) is 0 Å². The van der Waals surface area contributed by atoms with Crippen LogP contribution in [0.5, 0.6) is 0 Å². The Kier molecular flexibility index (Phi) is 5.17. The lowest BCUT2D eigenvalue weighted by Gasteiger charge is -2.17. The van der Waals surface area contributed by atoms with Crippen molar-refractivity contribution in [2.45, 2.75) is 21.5 Å². The molecule has 0 aliphatic carbocycles. The van der Waals surface area contributed by atoms with Gasteiger partial charge in [0.1, 0.15) is 0 Å². The molecule has 1 atom stereocenters. The highest BCUT2D eigenvalue weighted by molar-refractivity contribution is 8.00. The van der Waals surface area contributed by atoms with Crippen molar-refractivity contribution >= 4 is 35.1 Å². The van der Waals surface area contributed by atoms with Gasteiger partial charge in [0.15, 0.2) is 0 Å². The Labute approximate surface area is 139 Å². The van der Waals surface area contributed by atoms with Crippen molar-refractivity contribution in [2.24, 2.45) is 0 Å². The van der Waals surface area contributed by atoms with Crippen molar-refractivity contribution < 1.29 is 0 Å². The minimum atomic E-state index is 0.502. The zero-order valence-corrected chi connectivity index (χ0v) is 14.3. The first kappa shape index (κ1) is 15.3. The number of rotatable bonds is 4. The molecular formula is C17H18ClNS2. The van der Waals surface area contributed by atoms with Crippen LogP contribution >= 0.6 is 35.1 Å². The Morgan fingerprint density at radius 3 is 2.95 bits per heavy atom. The lowest BCUT2D eigenvalue weighted by atomic mass is 10.0. The van der Waals surface area contributed by atoms with E-state index in [1.807, 2.05) is 36.6 Å². The molecule has 0 radical (unpaired) electrons. The largest absolute Gasteiger partial charge is 0.319 e. The fourth-order valence-corrected chi connectivity index (χ4v) is 5.21. The van der Waals surface area contributed by atoms with E-state index in [1.165, 1.54) is 20.9 Å². The maximum absolute atomic E-state index is 6.19. The highest BCUT2D eigenvalue weighted by atomic mass is 35.5. The van der Waals surface area contributed by atoms with Crippen LogP contribution in [-0.2, 0) is 6.42 Å². The van der Waals surface area contributed by atoms with Gasteiger partial charge in [-0.05, 0) is 48.9 Å². The zero-order valence-electron chi connectivity index (χ0n) is 11.9. The van der Waals surface area contributed by atoms with E-state index in [0.717, 1.165) is 23.7 Å². The lowest BCUT2D eigenvalue weighted by molar-refractivity contribution is 0.858. The van der Waals surface area contributed by atoms with Crippen LogP contribution in [0.1, 0.15) is 16.4 Å². The summed E-state index contributed by atoms with van der Waals surface area (Å²) in [5.41, 5.74) is 2.82. The number of thioether (sulfide) groups is 1. The maximum atomic E-state index is 6.19. The van der Waals surface area contributed by atoms with Crippen molar-refractivity contribution in [2.75, 3.05) is 19.3 Å². The molecule has 2 aromatic carbocycles. The molecule has 110 valence electrons. The number of fused-ring (bicyclic) bond motifs is 2. The SMILES string of the molecule is CNCCS[C@@H]1Cc2cc(Cl)ccc2Sc2ccccc21. The highest BCUT2D eigenvalue weighted by Gasteiger charge is 2.22. The smallest absolute Gasteiger partial charge is 0.0409 e. The summed E-state index contributed by atoms with van der Waals surface area (Å²) in [4.78, 5) is 2.71. The molecule has 0 fully saturated rings. The van der Waals surface area contributed by atoms with E-state index in [0.29, 0.717) is 5.25 Å². The quantitative estimate of drug-likeness (QED) is 0.786. The standard InChI is InChI=1S/C17H18ClNS2/c1-19-8-9-20-17-11-12-10-13(18)6-7-15(12)21-16-5-3-2-4-14(16)17/h2-7,10,17,19H,8-9,11H2,1H3/t17-/m1/s1. The molecule has 0 unspecified atom stereocenters. The second-order valence-corrected chi connectivity index (χ2v) is 7.89. The summed E-state index contributed by atoms with van der Waals surface area (Å²) in [6.07, 6.45) is 1.05. The molecule has 0 saturated carbocycles. The van der Waals surface area contributed by atoms with Gasteiger partial charge in [0.2, 0.25) is 0 Å². The summed E-state index contributed by atoms with van der Waals surface area (Å²) in [6.45, 7) is 1.04. The Hall–Kier alpha value is -0.610. The second-order valence-electron chi connectivity index (χ2n) is 5.06. The topological polar surface area (TPSA) is 12.0 Å². The van der Waals surface area contributed by atoms with Crippen molar-refractivity contribution in [3.63, 3.8) is 0 Å². The number of hydrogen-bond acceptors (Lipinski definition) is 3. The van der Waals surface area contributed by atoms with E-state index in [2.05, 4.69) is 41.7 Å². The van der Waals surface area contributed by atoms with Crippen LogP contribution in [0.3, 0.4) is 0 Å². The van der Waals surface area contributed by atoms with Crippen LogP contribution in [-0.4, -0.2) is 19.3 Å². The predicted octanol–water partition coefficient (Wildman–Crippen LogP) is 5.04. The van der Waals surface area contributed by atoms with E-state index in [1.54, 1.807) is 0 Å². The van der Waals surface area contributed by atoms with Gasteiger partial charge in [-0.25, -0.2) is 0 Å². The fourth-order valence-electron chi connectivity index (χ4n) is 2.53. The van der Waals surface area contributed by atoms with Crippen LogP contribution in [0.15, 0.2) is 52.3 Å². The van der Waals surface area contributed by atoms with Gasteiger partial charge in [0.25, 0.3) is 0 Å². The molecule has 3 rings (SSSR count). The lowest BCUT2D eigenvalue weighted by Crippen LogP contribution is -2.11. The van der Waals surface area contributed by atoms with Gasteiger partial charge in [-0.3, -0.25) is 0 Å². The van der Waals surface area contributed by atoms with Crippen molar-refractivity contribution in [3.05, 3.63) is 58.6 Å². The maximum Gasteiger partial charge on any atom is 0.0409 e. The zero-order chi connectivity index (χ0) is 14.7. The van der Waals surface area contributed by atoms with Gasteiger partial charge in [-0.1, -0.05) is 41.6 Å². The van der Waals surface area contributed by atoms with Gasteiger partial charge in [-0.15, -0.1) is 0 Å². The third-order valence-electron chi connectivity index (χ3n) is 3.58. The minimum Gasteiger partial charge on any atom is -0.319 e. The first-order valence-electron chi connectivity index (χ1n) is 7.09. The summed E-state index contributed by atoms with van der Waals surface area (Å²) in [5.74, 6) is 1.12. The fraction of sp³-hybridized carbons (Fsp3) is 0.294. The molecule has 1 nitrogen and oxygen atoms in total. The van der Waals surface area contributed by atoms with Crippen LogP contribution < -0.4 is 5.32 Å². The van der Waals surface area contributed by atoms with E-state index in [9.17, 15) is 0 Å². The van der Waals surface area contributed by atoms with Gasteiger partial charge in [0.05, 0.1) is 0 Å². The number of benzene rings is 2. The summed E-state index contributed by atoms with van der Waals surface area (Å²) in [6, 6.07) is 15.0. The van der Waals surface area contributed by atoms with Crippen molar-refractivity contribution in [1.82, 2.24) is 5.32 Å². The normalized spacial score (nSPS) is 17.0. The molecule has 0 saturated heterocycles. The first-order chi connectivity index (χ1) is 10.3. The molecule has 0 aromatic heterocycles. The Balaban J connectivity index is 1.95. The van der Waals surface area contributed by atoms with E-state index >= 15 is 0 Å². The van der Waals surface area contributed by atoms with Crippen LogP contribution in [0.2, 0.25) is 5.02 Å². The molecule has 2 aromatic rings. The number of hydrogen-bond donors (Lipinski definition) is 1. The van der Waals surface area contributed by atoms with Crippen LogP contribution in [0.25, 0.3) is 0 Å². The summed E-state index contributed by atoms with van der Waals surface area (Å²) < 4.78 is 0. The summed E-state index contributed by atoms with van der Waals surface area (Å²) in [7, 11) is 2.01. The van der Waals surface area contributed by atoms with Gasteiger partial charge < -0.3 is 5.32 Å².